The quantitative estimate of drug-likeness (QED) is 0.577. The maximum absolute atomic E-state index is 5.84. The van der Waals surface area contributed by atoms with Crippen LogP contribution in [0.25, 0.3) is 33.4 Å². The molecule has 0 saturated carbocycles. The zero-order valence-electron chi connectivity index (χ0n) is 16.3. The van der Waals surface area contributed by atoms with Gasteiger partial charge in [-0.1, -0.05) is 6.07 Å². The number of hydrogen-bond acceptors (Lipinski definition) is 7. The Labute approximate surface area is 168 Å². The first kappa shape index (κ1) is 17.7. The molecule has 0 aliphatic carbocycles. The Balaban J connectivity index is 1.54. The highest BCUT2D eigenvalue weighted by Gasteiger charge is 2.24. The molecule has 0 spiro atoms. The van der Waals surface area contributed by atoms with Crippen molar-refractivity contribution in [3.05, 3.63) is 49.3 Å². The topological polar surface area (TPSA) is 92.7 Å². The van der Waals surface area contributed by atoms with Gasteiger partial charge in [0.15, 0.2) is 0 Å². The highest BCUT2D eigenvalue weighted by Crippen LogP contribution is 2.30. The molecule has 1 aromatic carbocycles. The minimum atomic E-state index is 0.166. The number of aromatic nitrogens is 6. The molecule has 3 aromatic heterocycles. The van der Waals surface area contributed by atoms with E-state index in [1.54, 1.807) is 18.7 Å². The number of anilines is 1. The Morgan fingerprint density at radius 2 is 1.76 bits per heavy atom. The van der Waals surface area contributed by atoms with E-state index in [1.807, 2.05) is 18.2 Å². The number of fused-ring (bicyclic) bond motifs is 1. The second-order valence-electron chi connectivity index (χ2n) is 7.38. The lowest BCUT2D eigenvalue weighted by molar-refractivity contribution is -0.00546. The third-order valence-corrected chi connectivity index (χ3v) is 5.10. The molecule has 2 unspecified atom stereocenters. The van der Waals surface area contributed by atoms with Gasteiger partial charge in [-0.3, -0.25) is 5.10 Å². The average molecular weight is 387 g/mol. The van der Waals surface area contributed by atoms with Crippen molar-refractivity contribution < 1.29 is 4.74 Å². The summed E-state index contributed by atoms with van der Waals surface area (Å²) in [6.45, 7) is 5.78. The largest absolute Gasteiger partial charge is 0.372 e. The molecule has 146 valence electrons. The van der Waals surface area contributed by atoms with E-state index in [4.69, 9.17) is 4.74 Å². The molecule has 1 fully saturated rings. The molecule has 29 heavy (non-hydrogen) atoms. The SMILES string of the molecule is CC1CN(c2cc(-c3n[nH]c4ccc(-c5cncnc5)cc34)ncn2)CC(C)O1. The molecule has 8 nitrogen and oxygen atoms in total. The highest BCUT2D eigenvalue weighted by molar-refractivity contribution is 5.95. The Hall–Kier alpha value is -3.39. The number of ether oxygens (including phenoxy) is 1. The fourth-order valence-corrected chi connectivity index (χ4v) is 3.85. The van der Waals surface area contributed by atoms with Gasteiger partial charge in [-0.05, 0) is 31.5 Å². The van der Waals surface area contributed by atoms with E-state index in [0.717, 1.165) is 52.3 Å². The predicted octanol–water partition coefficient (Wildman–Crippen LogP) is 3.09. The van der Waals surface area contributed by atoms with Crippen molar-refractivity contribution >= 4 is 16.7 Å². The van der Waals surface area contributed by atoms with Gasteiger partial charge in [0.1, 0.15) is 24.2 Å². The van der Waals surface area contributed by atoms with Crippen molar-refractivity contribution in [3.8, 4) is 22.5 Å². The van der Waals surface area contributed by atoms with Crippen molar-refractivity contribution in [2.75, 3.05) is 18.0 Å². The van der Waals surface area contributed by atoms with Crippen LogP contribution in [0, 0.1) is 0 Å². The summed E-state index contributed by atoms with van der Waals surface area (Å²) in [5.41, 5.74) is 4.53. The second kappa shape index (κ2) is 7.21. The number of nitrogens with one attached hydrogen (secondary N) is 1. The van der Waals surface area contributed by atoms with Gasteiger partial charge in [0, 0.05) is 42.5 Å². The smallest absolute Gasteiger partial charge is 0.132 e. The number of nitrogens with zero attached hydrogens (tertiary/aromatic N) is 6. The van der Waals surface area contributed by atoms with Crippen LogP contribution in [0.5, 0.6) is 0 Å². The van der Waals surface area contributed by atoms with Gasteiger partial charge in [-0.2, -0.15) is 5.10 Å². The molecule has 8 heteroatoms. The normalized spacial score (nSPS) is 19.6. The van der Waals surface area contributed by atoms with Gasteiger partial charge >= 0.3 is 0 Å². The third-order valence-electron chi connectivity index (χ3n) is 5.10. The van der Waals surface area contributed by atoms with Crippen LogP contribution in [0.4, 0.5) is 5.82 Å². The number of morpholine rings is 1. The van der Waals surface area contributed by atoms with Crippen LogP contribution in [0.2, 0.25) is 0 Å². The van der Waals surface area contributed by atoms with E-state index < -0.39 is 0 Å². The van der Waals surface area contributed by atoms with Crippen LogP contribution in [0.1, 0.15) is 13.8 Å². The molecule has 0 radical (unpaired) electrons. The van der Waals surface area contributed by atoms with Crippen LogP contribution in [-0.2, 0) is 4.74 Å². The Bertz CT molecular complexity index is 1130. The van der Waals surface area contributed by atoms with Crippen molar-refractivity contribution in [2.45, 2.75) is 26.1 Å². The summed E-state index contributed by atoms with van der Waals surface area (Å²) in [6, 6.07) is 8.14. The predicted molar refractivity (Wildman–Crippen MR) is 110 cm³/mol. The molecule has 4 aromatic rings. The van der Waals surface area contributed by atoms with E-state index in [9.17, 15) is 0 Å². The number of rotatable bonds is 3. The Kier molecular flexibility index (Phi) is 4.40. The van der Waals surface area contributed by atoms with Gasteiger partial charge in [0.2, 0.25) is 0 Å². The summed E-state index contributed by atoms with van der Waals surface area (Å²) >= 11 is 0. The minimum Gasteiger partial charge on any atom is -0.372 e. The van der Waals surface area contributed by atoms with Gasteiger partial charge in [-0.25, -0.2) is 19.9 Å². The molecule has 1 N–H and O–H groups in total. The lowest BCUT2D eigenvalue weighted by Gasteiger charge is -2.36. The van der Waals surface area contributed by atoms with E-state index in [-0.39, 0.29) is 12.2 Å². The number of benzene rings is 1. The van der Waals surface area contributed by atoms with Crippen molar-refractivity contribution in [3.63, 3.8) is 0 Å². The van der Waals surface area contributed by atoms with Gasteiger partial charge < -0.3 is 9.64 Å². The number of hydrogen-bond donors (Lipinski definition) is 1. The fourth-order valence-electron chi connectivity index (χ4n) is 3.85. The van der Waals surface area contributed by atoms with Crippen LogP contribution in [-0.4, -0.2) is 55.4 Å². The zero-order chi connectivity index (χ0) is 19.8. The first-order valence-corrected chi connectivity index (χ1v) is 9.64. The number of H-pyrrole nitrogens is 1. The van der Waals surface area contributed by atoms with Crippen molar-refractivity contribution in [1.82, 2.24) is 30.1 Å². The van der Waals surface area contributed by atoms with E-state index in [1.165, 1.54) is 6.33 Å². The standard InChI is InChI=1S/C21H21N7O/c1-13-9-28(10-14(2)29-13)20-6-19(24-12-25-20)21-17-5-15(3-4-18(17)26-27-21)16-7-22-11-23-8-16/h3-8,11-14H,9-10H2,1-2H3,(H,26,27). The summed E-state index contributed by atoms with van der Waals surface area (Å²) in [7, 11) is 0. The van der Waals surface area contributed by atoms with Gasteiger partial charge in [0.05, 0.1) is 23.4 Å². The molecule has 2 atom stereocenters. The molecule has 1 aliphatic heterocycles. The summed E-state index contributed by atoms with van der Waals surface area (Å²) in [5, 5.41) is 8.63. The molecule has 5 rings (SSSR count). The highest BCUT2D eigenvalue weighted by atomic mass is 16.5. The van der Waals surface area contributed by atoms with Crippen LogP contribution in [0.3, 0.4) is 0 Å². The first-order chi connectivity index (χ1) is 14.2. The average Bonchev–Trinajstić information content (AvgIpc) is 3.17. The second-order valence-corrected chi connectivity index (χ2v) is 7.38. The zero-order valence-corrected chi connectivity index (χ0v) is 16.3. The summed E-state index contributed by atoms with van der Waals surface area (Å²) in [5.74, 6) is 0.890. The monoisotopic (exact) mass is 387 g/mol. The molecule has 0 bridgehead atoms. The van der Waals surface area contributed by atoms with E-state index >= 15 is 0 Å². The molecule has 1 saturated heterocycles. The van der Waals surface area contributed by atoms with Gasteiger partial charge in [0.25, 0.3) is 0 Å². The fraction of sp³-hybridized carbons (Fsp3) is 0.286. The molecule has 1 aliphatic rings. The first-order valence-electron chi connectivity index (χ1n) is 9.64. The molecular weight excluding hydrogens is 366 g/mol. The summed E-state index contributed by atoms with van der Waals surface area (Å²) < 4.78 is 5.84. The van der Waals surface area contributed by atoms with Crippen LogP contribution < -0.4 is 4.90 Å². The molecule has 0 amide bonds. The molecular formula is C21H21N7O. The van der Waals surface area contributed by atoms with E-state index in [0.29, 0.717) is 0 Å². The summed E-state index contributed by atoms with van der Waals surface area (Å²) in [6.07, 6.45) is 7.07. The van der Waals surface area contributed by atoms with Gasteiger partial charge in [-0.15, -0.1) is 0 Å². The number of aromatic amines is 1. The molecule has 4 heterocycles. The van der Waals surface area contributed by atoms with Crippen LogP contribution in [0.15, 0.2) is 49.3 Å². The third kappa shape index (κ3) is 3.42. The van der Waals surface area contributed by atoms with E-state index in [2.05, 4.69) is 54.9 Å². The minimum absolute atomic E-state index is 0.166. The lowest BCUT2D eigenvalue weighted by atomic mass is 10.0. The Morgan fingerprint density at radius 3 is 2.55 bits per heavy atom. The summed E-state index contributed by atoms with van der Waals surface area (Å²) in [4.78, 5) is 19.5. The van der Waals surface area contributed by atoms with Crippen molar-refractivity contribution in [1.29, 1.82) is 0 Å². The Morgan fingerprint density at radius 1 is 0.966 bits per heavy atom. The van der Waals surface area contributed by atoms with Crippen molar-refractivity contribution in [2.24, 2.45) is 0 Å². The van der Waals surface area contributed by atoms with Crippen LogP contribution >= 0.6 is 0 Å². The lowest BCUT2D eigenvalue weighted by Crippen LogP contribution is -2.45. The maximum Gasteiger partial charge on any atom is 0.132 e. The maximum atomic E-state index is 5.84.